The molecule has 8 aromatic carbocycles. The molecule has 0 N–H and O–H groups in total. The number of fused-ring (bicyclic) bond motifs is 12. The smallest absolute Gasteiger partial charge is 0.160 e. The maximum atomic E-state index is 5.24. The molecule has 3 aromatic heterocycles. The third-order valence-corrected chi connectivity index (χ3v) is 12.5. The van der Waals surface area contributed by atoms with Crippen LogP contribution in [-0.2, 0) is 5.41 Å². The van der Waals surface area contributed by atoms with Crippen molar-refractivity contribution < 1.29 is 0 Å². The number of aromatic nitrogens is 4. The van der Waals surface area contributed by atoms with Crippen molar-refractivity contribution in [3.05, 3.63) is 205 Å². The van der Waals surface area contributed by atoms with Crippen molar-refractivity contribution in [3.63, 3.8) is 0 Å². The van der Waals surface area contributed by atoms with Gasteiger partial charge < -0.3 is 9.13 Å². The van der Waals surface area contributed by atoms with Gasteiger partial charge in [0.05, 0.1) is 33.5 Å². The average molecular weight is 755 g/mol. The minimum absolute atomic E-state index is 0.290. The fraction of sp³-hybridized carbons (Fsp3) is 0.0545. The van der Waals surface area contributed by atoms with Gasteiger partial charge in [-0.1, -0.05) is 166 Å². The number of para-hydroxylation sites is 3. The second-order valence-electron chi connectivity index (χ2n) is 16.2. The van der Waals surface area contributed by atoms with E-state index in [1.165, 1.54) is 65.9 Å². The van der Waals surface area contributed by atoms with Gasteiger partial charge in [-0.15, -0.1) is 0 Å². The Kier molecular flexibility index (Phi) is 7.24. The van der Waals surface area contributed by atoms with Crippen molar-refractivity contribution in [1.82, 2.24) is 19.1 Å². The Morgan fingerprint density at radius 2 is 0.932 bits per heavy atom. The molecule has 0 saturated carbocycles. The minimum Gasteiger partial charge on any atom is -0.309 e. The number of hydrogen-bond acceptors (Lipinski definition) is 2. The summed E-state index contributed by atoms with van der Waals surface area (Å²) in [6, 6.07) is 69.6. The van der Waals surface area contributed by atoms with Gasteiger partial charge >= 0.3 is 0 Å². The molecule has 4 heteroatoms. The molecule has 3 heterocycles. The van der Waals surface area contributed by atoms with Crippen LogP contribution in [-0.4, -0.2) is 19.1 Å². The molecule has 0 amide bonds. The lowest BCUT2D eigenvalue weighted by molar-refractivity contribution is 0.664. The van der Waals surface area contributed by atoms with Crippen LogP contribution in [0.1, 0.15) is 25.0 Å². The van der Waals surface area contributed by atoms with E-state index in [4.69, 9.17) is 9.97 Å². The molecule has 278 valence electrons. The lowest BCUT2D eigenvalue weighted by Crippen LogP contribution is -2.16. The van der Waals surface area contributed by atoms with Crippen LogP contribution in [0.25, 0.3) is 100 Å². The van der Waals surface area contributed by atoms with E-state index >= 15 is 0 Å². The summed E-state index contributed by atoms with van der Waals surface area (Å²) in [5, 5.41) is 5.06. The van der Waals surface area contributed by atoms with E-state index in [-0.39, 0.29) is 5.41 Å². The van der Waals surface area contributed by atoms with E-state index in [2.05, 4.69) is 193 Å². The van der Waals surface area contributed by atoms with E-state index in [0.717, 1.165) is 39.5 Å². The lowest BCUT2D eigenvalue weighted by atomic mass is 9.81. The maximum absolute atomic E-state index is 5.24. The van der Waals surface area contributed by atoms with Gasteiger partial charge in [-0.25, -0.2) is 9.97 Å². The summed E-state index contributed by atoms with van der Waals surface area (Å²) in [4.78, 5) is 10.3. The van der Waals surface area contributed by atoms with Crippen molar-refractivity contribution >= 4 is 43.6 Å². The molecule has 12 rings (SSSR count). The van der Waals surface area contributed by atoms with E-state index in [1.54, 1.807) is 0 Å². The molecule has 0 aliphatic heterocycles. The van der Waals surface area contributed by atoms with Crippen molar-refractivity contribution in [3.8, 4) is 56.4 Å². The van der Waals surface area contributed by atoms with Crippen LogP contribution in [0, 0.1) is 0 Å². The van der Waals surface area contributed by atoms with Crippen molar-refractivity contribution in [2.45, 2.75) is 19.3 Å². The second-order valence-corrected chi connectivity index (χ2v) is 16.2. The van der Waals surface area contributed by atoms with E-state index < -0.39 is 0 Å². The topological polar surface area (TPSA) is 35.6 Å². The Morgan fingerprint density at radius 3 is 1.63 bits per heavy atom. The molecule has 0 spiro atoms. The highest BCUT2D eigenvalue weighted by molar-refractivity contribution is 6.33. The van der Waals surface area contributed by atoms with Crippen LogP contribution in [0.2, 0.25) is 0 Å². The van der Waals surface area contributed by atoms with Crippen LogP contribution < -0.4 is 0 Å². The van der Waals surface area contributed by atoms with Crippen LogP contribution in [0.3, 0.4) is 0 Å². The monoisotopic (exact) mass is 754 g/mol. The fourth-order valence-electron chi connectivity index (χ4n) is 9.93. The Hall–Kier alpha value is -7.56. The molecule has 0 radical (unpaired) electrons. The van der Waals surface area contributed by atoms with E-state index in [1.807, 2.05) is 24.3 Å². The van der Waals surface area contributed by atoms with Crippen LogP contribution in [0.4, 0.5) is 0 Å². The molecule has 1 aliphatic carbocycles. The molecule has 0 unspecified atom stereocenters. The molecule has 1 aliphatic rings. The van der Waals surface area contributed by atoms with Gasteiger partial charge in [0, 0.05) is 60.6 Å². The van der Waals surface area contributed by atoms with Crippen molar-refractivity contribution in [1.29, 1.82) is 0 Å². The molecule has 0 bridgehead atoms. The summed E-state index contributed by atoms with van der Waals surface area (Å²) in [5.74, 6) is 0.707. The predicted octanol–water partition coefficient (Wildman–Crippen LogP) is 14.0. The first-order chi connectivity index (χ1) is 29.1. The Morgan fingerprint density at radius 1 is 0.424 bits per heavy atom. The SMILES string of the molecule is CC1(C)c2ccccc2-c2c1c1c(c3ccccc3n1-c1cccc(-c3cc(-c4ccccc4)nc(-c4ccccc4)n3)c1)c1c3ccccc3n(-c3ccccc3)c21. The summed E-state index contributed by atoms with van der Waals surface area (Å²) in [5.41, 5.74) is 17.0. The van der Waals surface area contributed by atoms with E-state index in [9.17, 15) is 0 Å². The minimum atomic E-state index is -0.290. The number of nitrogens with zero attached hydrogens (tertiary/aromatic N) is 4. The highest BCUT2D eigenvalue weighted by Crippen LogP contribution is 2.58. The molecule has 11 aromatic rings. The van der Waals surface area contributed by atoms with Crippen LogP contribution in [0.5, 0.6) is 0 Å². The molecule has 0 atom stereocenters. The Labute approximate surface area is 342 Å². The molecular weight excluding hydrogens is 717 g/mol. The lowest BCUT2D eigenvalue weighted by Gasteiger charge is -2.24. The Balaban J connectivity index is 1.21. The van der Waals surface area contributed by atoms with E-state index in [0.29, 0.717) is 5.82 Å². The van der Waals surface area contributed by atoms with Gasteiger partial charge in [-0.05, 0) is 59.2 Å². The third-order valence-electron chi connectivity index (χ3n) is 12.5. The number of hydrogen-bond donors (Lipinski definition) is 0. The van der Waals surface area contributed by atoms with Gasteiger partial charge in [0.25, 0.3) is 0 Å². The zero-order valence-electron chi connectivity index (χ0n) is 32.8. The molecular formula is C55H38N4. The molecule has 0 saturated heterocycles. The highest BCUT2D eigenvalue weighted by atomic mass is 15.0. The predicted molar refractivity (Wildman–Crippen MR) is 245 cm³/mol. The summed E-state index contributed by atoms with van der Waals surface area (Å²) >= 11 is 0. The summed E-state index contributed by atoms with van der Waals surface area (Å²) in [6.45, 7) is 4.82. The van der Waals surface area contributed by atoms with Gasteiger partial charge in [0.2, 0.25) is 0 Å². The number of benzene rings is 8. The molecule has 4 nitrogen and oxygen atoms in total. The standard InChI is InChI=1S/C55H38N4/c1-55(2)43-30-15-12-27-40(43)50-51(55)53-49(48-41-28-13-16-31-46(41)58(52(48)50)38-24-10-5-11-25-38)42-29-14-17-32-47(42)59(53)39-26-18-23-37(33-39)45-34-44(35-19-6-3-7-20-35)56-54(57-45)36-21-8-4-9-22-36/h3-34H,1-2H3. The van der Waals surface area contributed by atoms with Crippen LogP contribution >= 0.6 is 0 Å². The zero-order valence-corrected chi connectivity index (χ0v) is 32.8. The van der Waals surface area contributed by atoms with Gasteiger partial charge in [0.1, 0.15) is 0 Å². The van der Waals surface area contributed by atoms with Crippen molar-refractivity contribution in [2.75, 3.05) is 0 Å². The fourth-order valence-corrected chi connectivity index (χ4v) is 9.93. The average Bonchev–Trinajstić information content (AvgIpc) is 3.90. The molecule has 59 heavy (non-hydrogen) atoms. The maximum Gasteiger partial charge on any atom is 0.160 e. The van der Waals surface area contributed by atoms with Gasteiger partial charge in [-0.2, -0.15) is 0 Å². The van der Waals surface area contributed by atoms with Gasteiger partial charge in [0.15, 0.2) is 5.82 Å². The first-order valence-electron chi connectivity index (χ1n) is 20.3. The zero-order chi connectivity index (χ0) is 39.2. The summed E-state index contributed by atoms with van der Waals surface area (Å²) in [7, 11) is 0. The van der Waals surface area contributed by atoms with Crippen LogP contribution in [0.15, 0.2) is 194 Å². The second kappa shape index (κ2) is 12.7. The third kappa shape index (κ3) is 4.90. The molecule has 0 fully saturated rings. The normalized spacial score (nSPS) is 13.1. The number of rotatable bonds is 5. The first-order valence-corrected chi connectivity index (χ1v) is 20.3. The van der Waals surface area contributed by atoms with Gasteiger partial charge in [-0.3, -0.25) is 0 Å². The summed E-state index contributed by atoms with van der Waals surface area (Å²) in [6.07, 6.45) is 0. The quantitative estimate of drug-likeness (QED) is 0.175. The Bertz CT molecular complexity index is 3390. The first kappa shape index (κ1) is 33.6. The largest absolute Gasteiger partial charge is 0.309 e. The van der Waals surface area contributed by atoms with Crippen molar-refractivity contribution in [2.24, 2.45) is 0 Å². The highest BCUT2D eigenvalue weighted by Gasteiger charge is 2.41. The summed E-state index contributed by atoms with van der Waals surface area (Å²) < 4.78 is 5.05.